The van der Waals surface area contributed by atoms with E-state index in [0.29, 0.717) is 0 Å². The van der Waals surface area contributed by atoms with Gasteiger partial charge in [-0.1, -0.05) is 47.1 Å². The van der Waals surface area contributed by atoms with E-state index in [2.05, 4.69) is 75.9 Å². The zero-order valence-electron chi connectivity index (χ0n) is 19.2. The van der Waals surface area contributed by atoms with Crippen molar-refractivity contribution in [3.8, 4) is 16.8 Å². The molecule has 0 radical (unpaired) electrons. The summed E-state index contributed by atoms with van der Waals surface area (Å²) in [6, 6.07) is 23.5. The summed E-state index contributed by atoms with van der Waals surface area (Å²) in [4.78, 5) is 4.82. The highest BCUT2D eigenvalue weighted by molar-refractivity contribution is 5.92. The first-order valence-electron chi connectivity index (χ1n) is 12.4. The van der Waals surface area contributed by atoms with E-state index in [9.17, 15) is 0 Å². The molecule has 168 valence electrons. The summed E-state index contributed by atoms with van der Waals surface area (Å²) in [6.45, 7) is 0. The van der Waals surface area contributed by atoms with Gasteiger partial charge in [0.2, 0.25) is 0 Å². The fourth-order valence-electron chi connectivity index (χ4n) is 5.24. The van der Waals surface area contributed by atoms with E-state index in [4.69, 9.17) is 15.8 Å². The van der Waals surface area contributed by atoms with Gasteiger partial charge in [0.05, 0.1) is 17.1 Å². The highest BCUT2D eigenvalue weighted by Gasteiger charge is 2.35. The number of aromatic nitrogens is 4. The maximum Gasteiger partial charge on any atom is 0.283 e. The fraction of sp³-hybridized carbons (Fsp3) is 0.276. The molecule has 5 aromatic rings. The van der Waals surface area contributed by atoms with Crippen molar-refractivity contribution in [3.05, 3.63) is 90.5 Å². The van der Waals surface area contributed by atoms with Crippen molar-refractivity contribution < 1.29 is 4.40 Å². The first-order chi connectivity index (χ1) is 16.7. The molecule has 0 amide bonds. The molecule has 5 heteroatoms. The third-order valence-electron chi connectivity index (χ3n) is 7.67. The van der Waals surface area contributed by atoms with E-state index in [-0.39, 0.29) is 5.54 Å². The number of pyridine rings is 2. The molecule has 7 rings (SSSR count). The number of hydrogen-bond acceptors (Lipinski definition) is 3. The van der Waals surface area contributed by atoms with E-state index in [1.54, 1.807) is 0 Å². The molecule has 2 aromatic carbocycles. The molecular weight excluding hydrogens is 418 g/mol. The van der Waals surface area contributed by atoms with Crippen LogP contribution in [0.5, 0.6) is 0 Å². The van der Waals surface area contributed by atoms with Crippen molar-refractivity contribution in [2.24, 2.45) is 11.7 Å². The second kappa shape index (κ2) is 7.47. The van der Waals surface area contributed by atoms with Gasteiger partial charge in [-0.2, -0.15) is 0 Å². The topological polar surface area (TPSA) is 60.8 Å². The van der Waals surface area contributed by atoms with Gasteiger partial charge in [0.1, 0.15) is 5.69 Å². The molecule has 0 spiro atoms. The average molecular weight is 447 g/mol. The minimum Gasteiger partial charge on any atom is -0.321 e. The zero-order chi connectivity index (χ0) is 22.7. The first-order valence-corrected chi connectivity index (χ1v) is 12.4. The van der Waals surface area contributed by atoms with Gasteiger partial charge in [-0.15, -0.1) is 0 Å². The van der Waals surface area contributed by atoms with Crippen molar-refractivity contribution >= 4 is 16.6 Å². The van der Waals surface area contributed by atoms with Crippen LogP contribution in [-0.4, -0.2) is 14.8 Å². The van der Waals surface area contributed by atoms with Gasteiger partial charge in [-0.3, -0.25) is 4.98 Å². The lowest BCUT2D eigenvalue weighted by Crippen LogP contribution is -2.43. The van der Waals surface area contributed by atoms with Crippen LogP contribution in [0, 0.1) is 5.92 Å². The minimum absolute atomic E-state index is 0.155. The van der Waals surface area contributed by atoms with E-state index in [1.807, 2.05) is 12.3 Å². The Morgan fingerprint density at radius 2 is 1.76 bits per heavy atom. The quantitative estimate of drug-likeness (QED) is 0.381. The molecule has 0 unspecified atom stereocenters. The van der Waals surface area contributed by atoms with Crippen LogP contribution in [0.1, 0.15) is 43.5 Å². The number of nitrogens with zero attached hydrogens (tertiary/aromatic N) is 4. The first kappa shape index (κ1) is 19.9. The molecule has 2 saturated carbocycles. The molecule has 34 heavy (non-hydrogen) atoms. The van der Waals surface area contributed by atoms with Gasteiger partial charge < -0.3 is 5.73 Å². The predicted molar refractivity (Wildman–Crippen MR) is 134 cm³/mol. The summed E-state index contributed by atoms with van der Waals surface area (Å²) in [5.41, 5.74) is 13.0. The van der Waals surface area contributed by atoms with Crippen molar-refractivity contribution in [1.82, 2.24) is 14.8 Å². The van der Waals surface area contributed by atoms with E-state index in [1.165, 1.54) is 30.4 Å². The molecule has 0 bridgehead atoms. The number of benzene rings is 2. The summed E-state index contributed by atoms with van der Waals surface area (Å²) < 4.78 is 4.37. The van der Waals surface area contributed by atoms with Gasteiger partial charge in [0, 0.05) is 28.8 Å². The van der Waals surface area contributed by atoms with Gasteiger partial charge in [-0.25, -0.2) is 4.40 Å². The van der Waals surface area contributed by atoms with Crippen LogP contribution in [0.25, 0.3) is 33.4 Å². The largest absolute Gasteiger partial charge is 0.321 e. The number of hydrogen-bond donors (Lipinski definition) is 1. The monoisotopic (exact) mass is 446 g/mol. The van der Waals surface area contributed by atoms with Crippen LogP contribution in [0.15, 0.2) is 79.1 Å². The molecular formula is C29H28N5+. The Bertz CT molecular complexity index is 1510. The van der Waals surface area contributed by atoms with Crippen molar-refractivity contribution in [3.63, 3.8) is 0 Å². The maximum atomic E-state index is 6.58. The normalized spacial score (nSPS) is 17.2. The number of fused-ring (bicyclic) bond motifs is 3. The Hall–Kier alpha value is -3.57. The highest BCUT2D eigenvalue weighted by Crippen LogP contribution is 2.39. The summed E-state index contributed by atoms with van der Waals surface area (Å²) in [5, 5.41) is 6.25. The van der Waals surface area contributed by atoms with Gasteiger partial charge >= 0.3 is 0 Å². The molecule has 0 saturated heterocycles. The van der Waals surface area contributed by atoms with Gasteiger partial charge in [-0.05, 0) is 73.4 Å². The Kier molecular flexibility index (Phi) is 4.36. The number of rotatable bonds is 5. The SMILES string of the molecule is NC1(c2ccc(-n3nc(CC4CC4)[n+]4ccc5ncc(-c6ccccc6)cc5c34)cc2)CCC1. The van der Waals surface area contributed by atoms with Crippen molar-refractivity contribution in [2.45, 2.75) is 44.1 Å². The summed E-state index contributed by atoms with van der Waals surface area (Å²) in [7, 11) is 0. The fourth-order valence-corrected chi connectivity index (χ4v) is 5.24. The molecule has 2 N–H and O–H groups in total. The average Bonchev–Trinajstić information content (AvgIpc) is 3.61. The minimum atomic E-state index is -0.155. The summed E-state index contributed by atoms with van der Waals surface area (Å²) in [6.07, 6.45) is 11.1. The van der Waals surface area contributed by atoms with Crippen LogP contribution in [-0.2, 0) is 12.0 Å². The van der Waals surface area contributed by atoms with Gasteiger partial charge in [0.25, 0.3) is 11.5 Å². The molecule has 2 fully saturated rings. The smallest absolute Gasteiger partial charge is 0.283 e. The Balaban J connectivity index is 1.43. The third-order valence-corrected chi connectivity index (χ3v) is 7.67. The van der Waals surface area contributed by atoms with Crippen LogP contribution in [0.3, 0.4) is 0 Å². The lowest BCUT2D eigenvalue weighted by atomic mass is 9.73. The highest BCUT2D eigenvalue weighted by atomic mass is 15.4. The standard InChI is InChI=1S/C29H28N5/c30-29(14-4-15-29)23-9-11-24(12-10-23)34-28-25-18-22(21-5-2-1-3-6-21)19-31-26(25)13-16-33(28)27(32-34)17-20-7-8-20/h1-3,5-6,9-13,16,18-20H,4,7-8,14-15,17,30H2/q+1. The second-order valence-electron chi connectivity index (χ2n) is 10.1. The molecule has 2 aliphatic carbocycles. The molecule has 5 nitrogen and oxygen atoms in total. The van der Waals surface area contributed by atoms with Crippen molar-refractivity contribution in [1.29, 1.82) is 0 Å². The summed E-state index contributed by atoms with van der Waals surface area (Å²) >= 11 is 0. The Morgan fingerprint density at radius 1 is 0.971 bits per heavy atom. The van der Waals surface area contributed by atoms with Crippen LogP contribution < -0.4 is 10.1 Å². The number of nitrogens with two attached hydrogens (primary N) is 1. The molecule has 0 atom stereocenters. The van der Waals surface area contributed by atoms with E-state index in [0.717, 1.165) is 58.8 Å². The van der Waals surface area contributed by atoms with Gasteiger partial charge in [0.15, 0.2) is 0 Å². The zero-order valence-corrected chi connectivity index (χ0v) is 19.2. The summed E-state index contributed by atoms with van der Waals surface area (Å²) in [5.74, 6) is 1.87. The van der Waals surface area contributed by atoms with Crippen LogP contribution >= 0.6 is 0 Å². The lowest BCUT2D eigenvalue weighted by Gasteiger charge is -2.38. The third kappa shape index (κ3) is 3.23. The van der Waals surface area contributed by atoms with E-state index < -0.39 is 0 Å². The van der Waals surface area contributed by atoms with Crippen molar-refractivity contribution in [2.75, 3.05) is 0 Å². The van der Waals surface area contributed by atoms with E-state index >= 15 is 0 Å². The second-order valence-corrected chi connectivity index (χ2v) is 10.1. The molecule has 3 heterocycles. The molecule has 2 aliphatic rings. The Labute approximate surface area is 198 Å². The molecule has 0 aliphatic heterocycles. The lowest BCUT2D eigenvalue weighted by molar-refractivity contribution is -0.521. The Morgan fingerprint density at radius 3 is 2.47 bits per heavy atom. The van der Waals surface area contributed by atoms with Crippen LogP contribution in [0.2, 0.25) is 0 Å². The maximum absolute atomic E-state index is 6.58. The predicted octanol–water partition coefficient (Wildman–Crippen LogP) is 5.12. The molecule has 3 aromatic heterocycles. The van der Waals surface area contributed by atoms with Crippen LogP contribution in [0.4, 0.5) is 0 Å².